The SMILES string of the molecule is Cc1ccc(NC(=O)OC(C)(C)CCOC(C)(C)CCCC(F)(F)C(F)(F)F)cc1. The Kier molecular flexibility index (Phi) is 8.66. The van der Waals surface area contributed by atoms with E-state index in [4.69, 9.17) is 9.47 Å². The minimum Gasteiger partial charge on any atom is -0.443 e. The molecule has 0 bridgehead atoms. The maximum absolute atomic E-state index is 13.0. The van der Waals surface area contributed by atoms with E-state index in [2.05, 4.69) is 5.32 Å². The number of halogens is 5. The van der Waals surface area contributed by atoms with Crippen molar-refractivity contribution < 1.29 is 36.2 Å². The minimum absolute atomic E-state index is 0.0356. The standard InChI is InChI=1S/C21H30F5NO3/c1-15-7-9-16(10-8-15)27-17(28)30-19(4,5)13-14-29-18(2,3)11-6-12-20(22,23)21(24,25)26/h7-10H,6,11-14H2,1-5H3,(H,27,28). The molecule has 0 aliphatic carbocycles. The zero-order chi connectivity index (χ0) is 23.2. The topological polar surface area (TPSA) is 47.6 Å². The number of hydrogen-bond donors (Lipinski definition) is 1. The molecule has 0 saturated carbocycles. The van der Waals surface area contributed by atoms with Crippen LogP contribution in [-0.2, 0) is 9.47 Å². The van der Waals surface area contributed by atoms with Crippen LogP contribution in [0.4, 0.5) is 32.4 Å². The molecular formula is C21H30F5NO3. The maximum atomic E-state index is 13.0. The van der Waals surface area contributed by atoms with E-state index in [1.165, 1.54) is 0 Å². The molecule has 1 N–H and O–H groups in total. The van der Waals surface area contributed by atoms with Gasteiger partial charge in [0.05, 0.1) is 12.2 Å². The van der Waals surface area contributed by atoms with Crippen molar-refractivity contribution in [2.75, 3.05) is 11.9 Å². The van der Waals surface area contributed by atoms with Gasteiger partial charge in [-0.15, -0.1) is 0 Å². The highest BCUT2D eigenvalue weighted by atomic mass is 19.4. The quantitative estimate of drug-likeness (QED) is 0.405. The summed E-state index contributed by atoms with van der Waals surface area (Å²) in [5.74, 6) is -4.70. The number of nitrogens with one attached hydrogen (secondary N) is 1. The molecule has 0 aliphatic rings. The lowest BCUT2D eigenvalue weighted by atomic mass is 9.98. The second kappa shape index (κ2) is 9.94. The van der Waals surface area contributed by atoms with Crippen molar-refractivity contribution in [3.63, 3.8) is 0 Å². The number of benzene rings is 1. The molecule has 0 atom stereocenters. The van der Waals surface area contributed by atoms with Crippen molar-refractivity contribution in [2.45, 2.75) is 83.6 Å². The van der Waals surface area contributed by atoms with Gasteiger partial charge in [-0.2, -0.15) is 22.0 Å². The molecule has 172 valence electrons. The first-order chi connectivity index (χ1) is 13.5. The Morgan fingerprint density at radius 3 is 2.00 bits per heavy atom. The minimum atomic E-state index is -5.54. The van der Waals surface area contributed by atoms with Gasteiger partial charge in [-0.1, -0.05) is 17.7 Å². The van der Waals surface area contributed by atoms with Gasteiger partial charge in [0.2, 0.25) is 0 Å². The zero-order valence-electron chi connectivity index (χ0n) is 18.0. The fourth-order valence-electron chi connectivity index (χ4n) is 2.61. The third-order valence-corrected chi connectivity index (χ3v) is 4.55. The second-order valence-corrected chi connectivity index (χ2v) is 8.55. The molecule has 4 nitrogen and oxygen atoms in total. The van der Waals surface area contributed by atoms with Crippen LogP contribution in [0.15, 0.2) is 24.3 Å². The molecule has 0 heterocycles. The molecule has 0 radical (unpaired) electrons. The Balaban J connectivity index is 2.40. The third-order valence-electron chi connectivity index (χ3n) is 4.55. The van der Waals surface area contributed by atoms with Crippen LogP contribution in [-0.4, -0.2) is 36.0 Å². The number of carbonyl (C=O) groups is 1. The monoisotopic (exact) mass is 439 g/mol. The summed E-state index contributed by atoms with van der Waals surface area (Å²) in [6.07, 6.45) is -7.43. The zero-order valence-corrected chi connectivity index (χ0v) is 18.0. The lowest BCUT2D eigenvalue weighted by Crippen LogP contribution is -2.37. The van der Waals surface area contributed by atoms with E-state index >= 15 is 0 Å². The summed E-state index contributed by atoms with van der Waals surface area (Å²) < 4.78 is 73.7. The predicted octanol–water partition coefficient (Wildman–Crippen LogP) is 6.88. The van der Waals surface area contributed by atoms with Gasteiger partial charge < -0.3 is 9.47 Å². The molecule has 30 heavy (non-hydrogen) atoms. The third kappa shape index (κ3) is 9.28. The van der Waals surface area contributed by atoms with Gasteiger partial charge in [0, 0.05) is 18.5 Å². The fourth-order valence-corrected chi connectivity index (χ4v) is 2.61. The molecule has 0 unspecified atom stereocenters. The first-order valence-electron chi connectivity index (χ1n) is 9.68. The number of rotatable bonds is 10. The normalized spacial score (nSPS) is 13.3. The number of ether oxygens (including phenoxy) is 2. The first-order valence-corrected chi connectivity index (χ1v) is 9.68. The number of amides is 1. The van der Waals surface area contributed by atoms with Gasteiger partial charge in [0.25, 0.3) is 0 Å². The number of alkyl halides is 5. The number of anilines is 1. The molecule has 1 aromatic carbocycles. The first kappa shape index (κ1) is 26.1. The fraction of sp³-hybridized carbons (Fsp3) is 0.667. The van der Waals surface area contributed by atoms with E-state index in [9.17, 15) is 26.7 Å². The van der Waals surface area contributed by atoms with Crippen LogP contribution < -0.4 is 5.32 Å². The summed E-state index contributed by atoms with van der Waals surface area (Å²) in [7, 11) is 0. The van der Waals surface area contributed by atoms with E-state index in [0.717, 1.165) is 5.56 Å². The van der Waals surface area contributed by atoms with Gasteiger partial charge in [-0.05, 0) is 59.6 Å². The van der Waals surface area contributed by atoms with E-state index in [1.807, 2.05) is 19.1 Å². The maximum Gasteiger partial charge on any atom is 0.453 e. The Hall–Kier alpha value is -1.90. The number of aryl methyl sites for hydroxylation is 1. The van der Waals surface area contributed by atoms with Crippen LogP contribution in [0.3, 0.4) is 0 Å². The van der Waals surface area contributed by atoms with Crippen LogP contribution in [0.25, 0.3) is 0 Å². The molecule has 1 rings (SSSR count). The van der Waals surface area contributed by atoms with Crippen molar-refractivity contribution in [2.24, 2.45) is 0 Å². The Bertz CT molecular complexity index is 685. The highest BCUT2D eigenvalue weighted by molar-refractivity contribution is 5.84. The van der Waals surface area contributed by atoms with Crippen molar-refractivity contribution in [1.82, 2.24) is 0 Å². The molecule has 1 aromatic rings. The largest absolute Gasteiger partial charge is 0.453 e. The van der Waals surface area contributed by atoms with Crippen LogP contribution in [0.2, 0.25) is 0 Å². The lowest BCUT2D eigenvalue weighted by Gasteiger charge is -2.30. The summed E-state index contributed by atoms with van der Waals surface area (Å²) >= 11 is 0. The van der Waals surface area contributed by atoms with Crippen LogP contribution >= 0.6 is 0 Å². The predicted molar refractivity (Wildman–Crippen MR) is 105 cm³/mol. The summed E-state index contributed by atoms with van der Waals surface area (Å²) in [5, 5.41) is 2.62. The van der Waals surface area contributed by atoms with Crippen LogP contribution in [0, 0.1) is 6.92 Å². The average Bonchev–Trinajstić information content (AvgIpc) is 2.54. The highest BCUT2D eigenvalue weighted by Gasteiger charge is 2.56. The molecule has 0 aromatic heterocycles. The van der Waals surface area contributed by atoms with Crippen molar-refractivity contribution in [3.8, 4) is 0 Å². The smallest absolute Gasteiger partial charge is 0.443 e. The van der Waals surface area contributed by atoms with E-state index in [-0.39, 0.29) is 19.4 Å². The van der Waals surface area contributed by atoms with E-state index in [0.29, 0.717) is 12.1 Å². The molecular weight excluding hydrogens is 409 g/mol. The van der Waals surface area contributed by atoms with Crippen molar-refractivity contribution in [3.05, 3.63) is 29.8 Å². The van der Waals surface area contributed by atoms with Crippen LogP contribution in [0.5, 0.6) is 0 Å². The summed E-state index contributed by atoms with van der Waals surface area (Å²) in [6.45, 7) is 8.71. The lowest BCUT2D eigenvalue weighted by molar-refractivity contribution is -0.285. The summed E-state index contributed by atoms with van der Waals surface area (Å²) in [6, 6.07) is 7.19. The summed E-state index contributed by atoms with van der Waals surface area (Å²) in [4.78, 5) is 12.1. The van der Waals surface area contributed by atoms with E-state index < -0.39 is 35.8 Å². The molecule has 1 amide bonds. The van der Waals surface area contributed by atoms with Crippen LogP contribution in [0.1, 0.15) is 58.9 Å². The molecule has 0 fully saturated rings. The van der Waals surface area contributed by atoms with Gasteiger partial charge in [-0.3, -0.25) is 5.32 Å². The Labute approximate surface area is 174 Å². The second-order valence-electron chi connectivity index (χ2n) is 8.55. The Morgan fingerprint density at radius 1 is 0.900 bits per heavy atom. The number of hydrogen-bond acceptors (Lipinski definition) is 3. The average molecular weight is 439 g/mol. The summed E-state index contributed by atoms with van der Waals surface area (Å²) in [5.41, 5.74) is -0.110. The van der Waals surface area contributed by atoms with Gasteiger partial charge >= 0.3 is 18.2 Å². The molecule has 0 saturated heterocycles. The van der Waals surface area contributed by atoms with E-state index in [1.54, 1.807) is 39.8 Å². The van der Waals surface area contributed by atoms with Crippen molar-refractivity contribution in [1.29, 1.82) is 0 Å². The highest BCUT2D eigenvalue weighted by Crippen LogP contribution is 2.39. The number of carbonyl (C=O) groups excluding carboxylic acids is 1. The molecule has 0 spiro atoms. The van der Waals surface area contributed by atoms with Crippen molar-refractivity contribution >= 4 is 11.8 Å². The van der Waals surface area contributed by atoms with Gasteiger partial charge in [0.1, 0.15) is 5.60 Å². The molecule has 9 heteroatoms. The Morgan fingerprint density at radius 2 is 1.47 bits per heavy atom. The van der Waals surface area contributed by atoms with Gasteiger partial charge in [0.15, 0.2) is 0 Å². The molecule has 0 aliphatic heterocycles. The van der Waals surface area contributed by atoms with Gasteiger partial charge in [-0.25, -0.2) is 4.79 Å².